The normalized spacial score (nSPS) is 16.4. The highest BCUT2D eigenvalue weighted by molar-refractivity contribution is 7.12. The molecule has 0 bridgehead atoms. The number of hydrogen-bond acceptors (Lipinski definition) is 5. The second-order valence-corrected chi connectivity index (χ2v) is 6.70. The molecule has 7 nitrogen and oxygen atoms in total. The maximum absolute atomic E-state index is 12.3. The lowest BCUT2D eigenvalue weighted by atomic mass is 10.1. The monoisotopic (exact) mass is 373 g/mol. The van der Waals surface area contributed by atoms with E-state index >= 15 is 0 Å². The minimum absolute atomic E-state index is 0.105. The van der Waals surface area contributed by atoms with Gasteiger partial charge < -0.3 is 9.64 Å². The van der Waals surface area contributed by atoms with Gasteiger partial charge in [-0.05, 0) is 42.6 Å². The number of hydrazine groups is 1. The Bertz CT molecular complexity index is 789. The van der Waals surface area contributed by atoms with Crippen molar-refractivity contribution in [2.75, 3.05) is 18.1 Å². The van der Waals surface area contributed by atoms with E-state index in [2.05, 4.69) is 10.9 Å². The zero-order chi connectivity index (χ0) is 18.5. The molecule has 0 spiro atoms. The van der Waals surface area contributed by atoms with E-state index in [1.165, 1.54) is 11.3 Å². The molecule has 136 valence electrons. The first-order valence-electron chi connectivity index (χ1n) is 8.25. The van der Waals surface area contributed by atoms with Crippen LogP contribution in [0.4, 0.5) is 5.69 Å². The van der Waals surface area contributed by atoms with Crippen LogP contribution in [0.2, 0.25) is 0 Å². The van der Waals surface area contributed by atoms with E-state index < -0.39 is 5.92 Å². The molecular formula is C18H19N3O4S. The second kappa shape index (κ2) is 8.01. The Balaban J connectivity index is 1.56. The summed E-state index contributed by atoms with van der Waals surface area (Å²) in [5.41, 5.74) is 5.50. The van der Waals surface area contributed by atoms with Gasteiger partial charge in [0, 0.05) is 18.7 Å². The van der Waals surface area contributed by atoms with Crippen LogP contribution in [0.3, 0.4) is 0 Å². The van der Waals surface area contributed by atoms with E-state index in [1.807, 2.05) is 6.92 Å². The van der Waals surface area contributed by atoms with Gasteiger partial charge in [-0.1, -0.05) is 6.07 Å². The molecule has 1 fully saturated rings. The van der Waals surface area contributed by atoms with Crippen molar-refractivity contribution in [2.24, 2.45) is 5.92 Å². The van der Waals surface area contributed by atoms with Crippen LogP contribution in [0, 0.1) is 5.92 Å². The standard InChI is InChI=1S/C18H19N3O4S/c1-2-25-14-7-5-13(6-8-14)21-11-12(10-16(21)22)17(23)19-20-18(24)15-4-3-9-26-15/h3-9,12H,2,10-11H2,1H3,(H,19,23)(H,20,24)/t12-/m0/s1. The zero-order valence-corrected chi connectivity index (χ0v) is 15.0. The fourth-order valence-corrected chi connectivity index (χ4v) is 3.33. The molecule has 0 radical (unpaired) electrons. The van der Waals surface area contributed by atoms with E-state index in [0.717, 1.165) is 11.4 Å². The highest BCUT2D eigenvalue weighted by Crippen LogP contribution is 2.27. The first kappa shape index (κ1) is 17.9. The summed E-state index contributed by atoms with van der Waals surface area (Å²) in [6.45, 7) is 2.74. The molecule has 8 heteroatoms. The second-order valence-electron chi connectivity index (χ2n) is 5.75. The van der Waals surface area contributed by atoms with Gasteiger partial charge in [-0.25, -0.2) is 0 Å². The van der Waals surface area contributed by atoms with Crippen LogP contribution in [-0.4, -0.2) is 30.9 Å². The first-order chi connectivity index (χ1) is 12.6. The Morgan fingerprint density at radius 3 is 2.65 bits per heavy atom. The van der Waals surface area contributed by atoms with Crippen LogP contribution in [0.15, 0.2) is 41.8 Å². The predicted octanol–water partition coefficient (Wildman–Crippen LogP) is 1.96. The van der Waals surface area contributed by atoms with Crippen LogP contribution in [0.1, 0.15) is 23.0 Å². The summed E-state index contributed by atoms with van der Waals surface area (Å²) in [7, 11) is 0. The Morgan fingerprint density at radius 2 is 2.00 bits per heavy atom. The maximum atomic E-state index is 12.3. The molecule has 3 amide bonds. The number of thiophene rings is 1. The lowest BCUT2D eigenvalue weighted by molar-refractivity contribution is -0.126. The molecule has 1 aromatic carbocycles. The van der Waals surface area contributed by atoms with Gasteiger partial charge in [0.15, 0.2) is 0 Å². The molecule has 3 rings (SSSR count). The van der Waals surface area contributed by atoms with Crippen LogP contribution >= 0.6 is 11.3 Å². The smallest absolute Gasteiger partial charge is 0.279 e. The SMILES string of the molecule is CCOc1ccc(N2C[C@@H](C(=O)NNC(=O)c3cccs3)CC2=O)cc1. The Morgan fingerprint density at radius 1 is 1.23 bits per heavy atom. The average Bonchev–Trinajstić information content (AvgIpc) is 3.30. The van der Waals surface area contributed by atoms with E-state index in [-0.39, 0.29) is 30.7 Å². The van der Waals surface area contributed by atoms with Crippen LogP contribution < -0.4 is 20.5 Å². The van der Waals surface area contributed by atoms with Gasteiger partial charge in [0.1, 0.15) is 5.75 Å². The first-order valence-corrected chi connectivity index (χ1v) is 9.13. The number of ether oxygens (including phenoxy) is 1. The molecule has 0 aliphatic carbocycles. The molecular weight excluding hydrogens is 354 g/mol. The van der Waals surface area contributed by atoms with Crippen molar-refractivity contribution in [1.82, 2.24) is 10.9 Å². The summed E-state index contributed by atoms with van der Waals surface area (Å²) in [6, 6.07) is 10.6. The molecule has 1 aliphatic rings. The van der Waals surface area contributed by atoms with Gasteiger partial charge in [-0.15, -0.1) is 11.3 Å². The summed E-state index contributed by atoms with van der Waals surface area (Å²) < 4.78 is 5.39. The van der Waals surface area contributed by atoms with E-state index in [4.69, 9.17) is 4.74 Å². The van der Waals surface area contributed by atoms with Crippen LogP contribution in [0.25, 0.3) is 0 Å². The number of nitrogens with zero attached hydrogens (tertiary/aromatic N) is 1. The highest BCUT2D eigenvalue weighted by atomic mass is 32.1. The molecule has 1 aliphatic heterocycles. The van der Waals surface area contributed by atoms with Gasteiger partial charge >= 0.3 is 0 Å². The topological polar surface area (TPSA) is 87.7 Å². The molecule has 0 saturated carbocycles. The number of hydrogen-bond donors (Lipinski definition) is 2. The lowest BCUT2D eigenvalue weighted by Crippen LogP contribution is -2.44. The van der Waals surface area contributed by atoms with Crippen LogP contribution in [-0.2, 0) is 9.59 Å². The summed E-state index contributed by atoms with van der Waals surface area (Å²) in [6.07, 6.45) is 0.105. The van der Waals surface area contributed by atoms with Crippen molar-refractivity contribution >= 4 is 34.7 Å². The summed E-state index contributed by atoms with van der Waals surface area (Å²) in [5, 5.41) is 1.78. The molecule has 2 N–H and O–H groups in total. The van der Waals surface area contributed by atoms with Gasteiger partial charge in [0.25, 0.3) is 5.91 Å². The van der Waals surface area contributed by atoms with E-state index in [1.54, 1.807) is 46.7 Å². The molecule has 2 aromatic rings. The fourth-order valence-electron chi connectivity index (χ4n) is 2.71. The molecule has 1 atom stereocenters. The number of amides is 3. The third-order valence-electron chi connectivity index (χ3n) is 4.00. The van der Waals surface area contributed by atoms with Gasteiger partial charge in [0.2, 0.25) is 11.8 Å². The third-order valence-corrected chi connectivity index (χ3v) is 4.87. The zero-order valence-electron chi connectivity index (χ0n) is 14.2. The van der Waals surface area contributed by atoms with Crippen molar-refractivity contribution in [1.29, 1.82) is 0 Å². The van der Waals surface area contributed by atoms with Gasteiger partial charge in [-0.3, -0.25) is 25.2 Å². The molecule has 2 heterocycles. The summed E-state index contributed by atoms with van der Waals surface area (Å²) in [5.74, 6) is -0.664. The Kier molecular flexibility index (Phi) is 5.52. The minimum atomic E-state index is -0.516. The number of benzene rings is 1. The average molecular weight is 373 g/mol. The van der Waals surface area contributed by atoms with Crippen molar-refractivity contribution in [2.45, 2.75) is 13.3 Å². The molecule has 26 heavy (non-hydrogen) atoms. The number of carbonyl (C=O) groups excluding carboxylic acids is 3. The molecule has 1 saturated heterocycles. The maximum Gasteiger partial charge on any atom is 0.279 e. The predicted molar refractivity (Wildman–Crippen MR) is 98.0 cm³/mol. The van der Waals surface area contributed by atoms with Crippen molar-refractivity contribution < 1.29 is 19.1 Å². The lowest BCUT2D eigenvalue weighted by Gasteiger charge is -2.17. The fraction of sp³-hybridized carbons (Fsp3) is 0.278. The van der Waals surface area contributed by atoms with Crippen molar-refractivity contribution in [3.63, 3.8) is 0 Å². The largest absolute Gasteiger partial charge is 0.494 e. The number of carbonyl (C=O) groups is 3. The number of anilines is 1. The number of nitrogens with one attached hydrogen (secondary N) is 2. The molecule has 0 unspecified atom stereocenters. The quantitative estimate of drug-likeness (QED) is 0.785. The van der Waals surface area contributed by atoms with Gasteiger partial charge in [-0.2, -0.15) is 0 Å². The van der Waals surface area contributed by atoms with Gasteiger partial charge in [0.05, 0.1) is 17.4 Å². The van der Waals surface area contributed by atoms with E-state index in [9.17, 15) is 14.4 Å². The summed E-state index contributed by atoms with van der Waals surface area (Å²) in [4.78, 5) is 38.4. The highest BCUT2D eigenvalue weighted by Gasteiger charge is 2.35. The Hall–Kier alpha value is -2.87. The van der Waals surface area contributed by atoms with Crippen molar-refractivity contribution in [3.8, 4) is 5.75 Å². The van der Waals surface area contributed by atoms with Crippen LogP contribution in [0.5, 0.6) is 5.75 Å². The van der Waals surface area contributed by atoms with Crippen molar-refractivity contribution in [3.05, 3.63) is 46.7 Å². The third kappa shape index (κ3) is 4.02. The summed E-state index contributed by atoms with van der Waals surface area (Å²) >= 11 is 1.28. The van der Waals surface area contributed by atoms with E-state index in [0.29, 0.717) is 11.5 Å². The Labute approximate surface area is 154 Å². The molecule has 1 aromatic heterocycles. The minimum Gasteiger partial charge on any atom is -0.494 e. The number of rotatable bonds is 5.